The van der Waals surface area contributed by atoms with E-state index in [1.807, 2.05) is 13.8 Å². The van der Waals surface area contributed by atoms with Crippen molar-refractivity contribution in [3.8, 4) is 0 Å². The molecule has 1 heteroatoms. The Bertz CT molecular complexity index is 144. The van der Waals surface area contributed by atoms with Crippen LogP contribution < -0.4 is 5.73 Å². The van der Waals surface area contributed by atoms with Gasteiger partial charge < -0.3 is 5.73 Å². The van der Waals surface area contributed by atoms with E-state index in [4.69, 9.17) is 5.73 Å². The Kier molecular flexibility index (Phi) is 3.07. The fraction of sp³-hybridized carbons (Fsp3) is 0.500. The molecule has 0 aromatic heterocycles. The molecule has 0 atom stereocenters. The van der Waals surface area contributed by atoms with Crippen LogP contribution in [0.3, 0.4) is 0 Å². The van der Waals surface area contributed by atoms with Crippen LogP contribution in [0.1, 0.15) is 27.7 Å². The van der Waals surface area contributed by atoms with Crippen molar-refractivity contribution < 1.29 is 0 Å². The lowest BCUT2D eigenvalue weighted by molar-refractivity contribution is 1.22. The van der Waals surface area contributed by atoms with Gasteiger partial charge in [0.25, 0.3) is 0 Å². The minimum atomic E-state index is 0.899. The first-order chi connectivity index (χ1) is 4.04. The average Bonchev–Trinajstić information content (AvgIpc) is 1.63. The van der Waals surface area contributed by atoms with Crippen molar-refractivity contribution in [3.63, 3.8) is 0 Å². The van der Waals surface area contributed by atoms with Crippen LogP contribution in [0.4, 0.5) is 0 Å². The van der Waals surface area contributed by atoms with Crippen molar-refractivity contribution in [1.82, 2.24) is 0 Å². The van der Waals surface area contributed by atoms with Gasteiger partial charge in [0.1, 0.15) is 0 Å². The molecular formula is C8H15N. The summed E-state index contributed by atoms with van der Waals surface area (Å²) < 4.78 is 0. The molecule has 0 bridgehead atoms. The van der Waals surface area contributed by atoms with Gasteiger partial charge in [0.05, 0.1) is 0 Å². The Morgan fingerprint density at radius 3 is 1.67 bits per heavy atom. The zero-order valence-corrected chi connectivity index (χ0v) is 6.65. The van der Waals surface area contributed by atoms with E-state index >= 15 is 0 Å². The maximum Gasteiger partial charge on any atom is 0.00785 e. The third-order valence-electron chi connectivity index (χ3n) is 1.13. The summed E-state index contributed by atoms with van der Waals surface area (Å²) in [6.45, 7) is 8.05. The van der Waals surface area contributed by atoms with Crippen molar-refractivity contribution in [2.45, 2.75) is 27.7 Å². The number of nitrogens with two attached hydrogens (primary N) is 1. The Balaban J connectivity index is 4.25. The second-order valence-corrected chi connectivity index (χ2v) is 2.59. The minimum Gasteiger partial charge on any atom is -0.402 e. The van der Waals surface area contributed by atoms with E-state index < -0.39 is 0 Å². The SMILES string of the molecule is CC(C)=C/C(C)=C(/C)N. The van der Waals surface area contributed by atoms with Gasteiger partial charge in [0, 0.05) is 5.70 Å². The Morgan fingerprint density at radius 2 is 1.56 bits per heavy atom. The first kappa shape index (κ1) is 8.28. The molecule has 0 unspecified atom stereocenters. The van der Waals surface area contributed by atoms with Crippen LogP contribution in [0.25, 0.3) is 0 Å². The summed E-state index contributed by atoms with van der Waals surface area (Å²) >= 11 is 0. The smallest absolute Gasteiger partial charge is 0.00785 e. The predicted octanol–water partition coefficient (Wildman–Crippen LogP) is 2.21. The molecule has 0 radical (unpaired) electrons. The van der Waals surface area contributed by atoms with Gasteiger partial charge in [0.15, 0.2) is 0 Å². The van der Waals surface area contributed by atoms with Crippen molar-refractivity contribution >= 4 is 0 Å². The third-order valence-corrected chi connectivity index (χ3v) is 1.13. The van der Waals surface area contributed by atoms with Crippen LogP contribution in [-0.2, 0) is 0 Å². The Hall–Kier alpha value is -0.720. The molecule has 0 heterocycles. The van der Waals surface area contributed by atoms with Gasteiger partial charge >= 0.3 is 0 Å². The normalized spacial score (nSPS) is 12.4. The Labute approximate surface area is 57.3 Å². The summed E-state index contributed by atoms with van der Waals surface area (Å²) in [5, 5.41) is 0. The summed E-state index contributed by atoms with van der Waals surface area (Å²) in [7, 11) is 0. The monoisotopic (exact) mass is 125 g/mol. The second-order valence-electron chi connectivity index (χ2n) is 2.59. The fourth-order valence-corrected chi connectivity index (χ4v) is 0.547. The van der Waals surface area contributed by atoms with Gasteiger partial charge in [-0.05, 0) is 33.3 Å². The summed E-state index contributed by atoms with van der Waals surface area (Å²) in [4.78, 5) is 0. The van der Waals surface area contributed by atoms with Crippen LogP contribution in [-0.4, -0.2) is 0 Å². The standard InChI is InChI=1S/C8H15N/c1-6(2)5-7(3)8(4)9/h5H,9H2,1-4H3/b8-7-. The van der Waals surface area contributed by atoms with Gasteiger partial charge in [0.2, 0.25) is 0 Å². The van der Waals surface area contributed by atoms with E-state index in [0.717, 1.165) is 11.3 Å². The highest BCUT2D eigenvalue weighted by Gasteiger charge is 1.85. The number of hydrogen-bond acceptors (Lipinski definition) is 1. The molecule has 9 heavy (non-hydrogen) atoms. The molecule has 0 aliphatic heterocycles. The fourth-order valence-electron chi connectivity index (χ4n) is 0.547. The number of hydrogen-bond donors (Lipinski definition) is 1. The van der Waals surface area contributed by atoms with Crippen LogP contribution in [0.15, 0.2) is 22.9 Å². The quantitative estimate of drug-likeness (QED) is 0.534. The molecule has 0 aliphatic carbocycles. The van der Waals surface area contributed by atoms with Crippen molar-refractivity contribution in [3.05, 3.63) is 22.9 Å². The molecular weight excluding hydrogens is 110 g/mol. The molecule has 0 rings (SSSR count). The van der Waals surface area contributed by atoms with Gasteiger partial charge in [-0.1, -0.05) is 11.6 Å². The molecule has 0 saturated carbocycles. The van der Waals surface area contributed by atoms with Gasteiger partial charge in [-0.3, -0.25) is 0 Å². The third kappa shape index (κ3) is 3.83. The van der Waals surface area contributed by atoms with Crippen molar-refractivity contribution in [1.29, 1.82) is 0 Å². The van der Waals surface area contributed by atoms with Gasteiger partial charge in [-0.2, -0.15) is 0 Å². The lowest BCUT2D eigenvalue weighted by atomic mass is 10.2. The molecule has 0 spiro atoms. The van der Waals surface area contributed by atoms with E-state index in [2.05, 4.69) is 19.9 Å². The maximum absolute atomic E-state index is 5.52. The summed E-state index contributed by atoms with van der Waals surface area (Å²) in [6, 6.07) is 0. The van der Waals surface area contributed by atoms with Crippen molar-refractivity contribution in [2.24, 2.45) is 5.73 Å². The summed E-state index contributed by atoms with van der Waals surface area (Å²) in [5.74, 6) is 0. The van der Waals surface area contributed by atoms with E-state index in [-0.39, 0.29) is 0 Å². The topological polar surface area (TPSA) is 26.0 Å². The molecule has 1 nitrogen and oxygen atoms in total. The minimum absolute atomic E-state index is 0.899. The first-order valence-electron chi connectivity index (χ1n) is 3.12. The average molecular weight is 125 g/mol. The van der Waals surface area contributed by atoms with E-state index in [0.29, 0.717) is 0 Å². The van der Waals surface area contributed by atoms with Crippen LogP contribution in [0, 0.1) is 0 Å². The lowest BCUT2D eigenvalue weighted by Crippen LogP contribution is -1.93. The van der Waals surface area contributed by atoms with E-state index in [1.54, 1.807) is 0 Å². The lowest BCUT2D eigenvalue weighted by Gasteiger charge is -1.95. The molecule has 0 saturated heterocycles. The highest BCUT2D eigenvalue weighted by atomic mass is 14.5. The van der Waals surface area contributed by atoms with Gasteiger partial charge in [-0.25, -0.2) is 0 Å². The van der Waals surface area contributed by atoms with E-state index in [9.17, 15) is 0 Å². The van der Waals surface area contributed by atoms with Crippen molar-refractivity contribution in [2.75, 3.05) is 0 Å². The zero-order valence-electron chi connectivity index (χ0n) is 6.65. The van der Waals surface area contributed by atoms with E-state index in [1.165, 1.54) is 5.57 Å². The number of allylic oxidation sites excluding steroid dienone is 4. The largest absolute Gasteiger partial charge is 0.402 e. The molecule has 0 fully saturated rings. The zero-order chi connectivity index (χ0) is 7.44. The molecule has 0 aromatic rings. The molecule has 0 aromatic carbocycles. The molecule has 52 valence electrons. The summed E-state index contributed by atoms with van der Waals surface area (Å²) in [6.07, 6.45) is 2.08. The highest BCUT2D eigenvalue weighted by Crippen LogP contribution is 2.02. The predicted molar refractivity (Wildman–Crippen MR) is 42.0 cm³/mol. The molecule has 2 N–H and O–H groups in total. The van der Waals surface area contributed by atoms with Crippen LogP contribution in [0.2, 0.25) is 0 Å². The highest BCUT2D eigenvalue weighted by molar-refractivity contribution is 5.22. The molecule has 0 aliphatic rings. The van der Waals surface area contributed by atoms with Crippen LogP contribution >= 0.6 is 0 Å². The van der Waals surface area contributed by atoms with Gasteiger partial charge in [-0.15, -0.1) is 0 Å². The Morgan fingerprint density at radius 1 is 1.11 bits per heavy atom. The van der Waals surface area contributed by atoms with Crippen LogP contribution in [0.5, 0.6) is 0 Å². The summed E-state index contributed by atoms with van der Waals surface area (Å²) in [5.41, 5.74) is 8.87. The second kappa shape index (κ2) is 3.33. The number of rotatable bonds is 1. The molecule has 0 amide bonds. The first-order valence-corrected chi connectivity index (χ1v) is 3.12. The maximum atomic E-state index is 5.52.